The summed E-state index contributed by atoms with van der Waals surface area (Å²) in [6.07, 6.45) is 1.80. The first kappa shape index (κ1) is 36.7. The third-order valence-electron chi connectivity index (χ3n) is 10.0. The fourth-order valence-corrected chi connectivity index (χ4v) is 7.52. The van der Waals surface area contributed by atoms with Gasteiger partial charge in [-0.15, -0.1) is 69.1 Å². The van der Waals surface area contributed by atoms with E-state index in [2.05, 4.69) is 184 Å². The zero-order chi connectivity index (χ0) is 31.8. The van der Waals surface area contributed by atoms with Gasteiger partial charge in [-0.25, -0.2) is 0 Å². The van der Waals surface area contributed by atoms with E-state index in [0.717, 1.165) is 12.8 Å². The van der Waals surface area contributed by atoms with Gasteiger partial charge in [0.2, 0.25) is 0 Å². The predicted molar refractivity (Wildman–Crippen MR) is 213 cm³/mol. The minimum atomic E-state index is -0.296. The Balaban J connectivity index is 0.00000162. The summed E-state index contributed by atoms with van der Waals surface area (Å²) in [7, 11) is 0. The fourth-order valence-electron chi connectivity index (χ4n) is 7.52. The molecule has 244 valence electrons. The molecule has 0 aliphatic carbocycles. The molecule has 0 unspecified atom stereocenters. The Labute approximate surface area is 318 Å². The SMILES string of the molecule is Cc1ccc(-c2cccc3[cH-]c(C(Cc4ccccc4)(Cc4ccccc4)c4cc5c(-c6ccc(C)cc6)cccc5[cH-]4)cc23)cc1.[CH3-].[CH3-].[Hf+4]. The van der Waals surface area contributed by atoms with Gasteiger partial charge in [0.15, 0.2) is 0 Å². The zero-order valence-corrected chi connectivity index (χ0v) is 33.2. The van der Waals surface area contributed by atoms with E-state index in [1.165, 1.54) is 77.2 Å². The van der Waals surface area contributed by atoms with Crippen molar-refractivity contribution >= 4 is 21.5 Å². The smallest absolute Gasteiger partial charge is 0.358 e. The average Bonchev–Trinajstić information content (AvgIpc) is 3.76. The second kappa shape index (κ2) is 15.5. The van der Waals surface area contributed by atoms with Gasteiger partial charge in [-0.05, 0) is 54.4 Å². The summed E-state index contributed by atoms with van der Waals surface area (Å²) >= 11 is 0. The van der Waals surface area contributed by atoms with Crippen molar-refractivity contribution in [2.45, 2.75) is 32.1 Å². The average molecular weight is 811 g/mol. The van der Waals surface area contributed by atoms with Crippen molar-refractivity contribution in [1.82, 2.24) is 0 Å². The number of hydrogen-bond acceptors (Lipinski definition) is 0. The van der Waals surface area contributed by atoms with Crippen molar-refractivity contribution in [1.29, 1.82) is 0 Å². The Kier molecular flexibility index (Phi) is 11.4. The normalized spacial score (nSPS) is 11.1. The van der Waals surface area contributed by atoms with Gasteiger partial charge in [-0.2, -0.15) is 12.1 Å². The minimum Gasteiger partial charge on any atom is -0.358 e. The van der Waals surface area contributed by atoms with Crippen LogP contribution in [0.15, 0.2) is 170 Å². The van der Waals surface area contributed by atoms with Crippen molar-refractivity contribution in [2.24, 2.45) is 0 Å². The molecule has 8 rings (SSSR count). The zero-order valence-electron chi connectivity index (χ0n) is 29.6. The quantitative estimate of drug-likeness (QED) is 0.106. The van der Waals surface area contributed by atoms with E-state index in [9.17, 15) is 0 Å². The van der Waals surface area contributed by atoms with E-state index in [1.807, 2.05) is 0 Å². The maximum atomic E-state index is 2.49. The summed E-state index contributed by atoms with van der Waals surface area (Å²) in [5, 5.41) is 5.21. The number of aryl methyl sites for hydroxylation is 2. The molecule has 50 heavy (non-hydrogen) atoms. The number of hydrogen-bond donors (Lipinski definition) is 0. The molecule has 0 saturated heterocycles. The molecule has 0 heterocycles. The molecular weight excluding hydrogens is 767 g/mol. The third-order valence-corrected chi connectivity index (χ3v) is 10.0. The monoisotopic (exact) mass is 812 g/mol. The van der Waals surface area contributed by atoms with E-state index in [-0.39, 0.29) is 46.1 Å². The van der Waals surface area contributed by atoms with E-state index in [1.54, 1.807) is 0 Å². The van der Waals surface area contributed by atoms with Crippen LogP contribution < -0.4 is 0 Å². The molecule has 0 saturated carbocycles. The number of rotatable bonds is 8. The Morgan fingerprint density at radius 1 is 0.440 bits per heavy atom. The van der Waals surface area contributed by atoms with Gasteiger partial charge in [0.05, 0.1) is 0 Å². The number of benzene rings is 6. The van der Waals surface area contributed by atoms with E-state index < -0.39 is 0 Å². The molecule has 0 aliphatic heterocycles. The van der Waals surface area contributed by atoms with Crippen molar-refractivity contribution in [3.05, 3.63) is 218 Å². The Morgan fingerprint density at radius 3 is 1.20 bits per heavy atom. The summed E-state index contributed by atoms with van der Waals surface area (Å²) in [5.74, 6) is 0. The number of fused-ring (bicyclic) bond motifs is 2. The topological polar surface area (TPSA) is 0 Å². The van der Waals surface area contributed by atoms with Gasteiger partial charge in [-0.3, -0.25) is 0 Å². The van der Waals surface area contributed by atoms with Crippen LogP contribution in [0, 0.1) is 28.7 Å². The summed E-state index contributed by atoms with van der Waals surface area (Å²) in [6, 6.07) is 63.5. The molecule has 0 fully saturated rings. The molecule has 0 spiro atoms. The molecule has 8 aromatic carbocycles. The largest absolute Gasteiger partial charge is 4.00 e. The second-order valence-electron chi connectivity index (χ2n) is 13.2. The van der Waals surface area contributed by atoms with Crippen molar-refractivity contribution in [3.8, 4) is 22.3 Å². The predicted octanol–water partition coefficient (Wildman–Crippen LogP) is 13.1. The van der Waals surface area contributed by atoms with E-state index >= 15 is 0 Å². The Morgan fingerprint density at radius 2 is 0.820 bits per heavy atom. The van der Waals surface area contributed by atoms with Crippen molar-refractivity contribution in [3.63, 3.8) is 0 Å². The maximum absolute atomic E-state index is 2.49. The molecule has 0 aliphatic rings. The Hall–Kier alpha value is -4.59. The molecule has 0 bridgehead atoms. The molecule has 8 aromatic rings. The van der Waals surface area contributed by atoms with Crippen LogP contribution in [0.25, 0.3) is 43.8 Å². The third kappa shape index (κ3) is 7.03. The second-order valence-corrected chi connectivity index (χ2v) is 13.2. The maximum Gasteiger partial charge on any atom is 4.00 e. The molecule has 0 nitrogen and oxygen atoms in total. The molecule has 0 radical (unpaired) electrons. The van der Waals surface area contributed by atoms with Gasteiger partial charge >= 0.3 is 25.8 Å². The molecule has 0 amide bonds. The first-order valence-electron chi connectivity index (χ1n) is 16.7. The van der Waals surface area contributed by atoms with Crippen LogP contribution in [-0.4, -0.2) is 0 Å². The molecule has 1 heteroatoms. The standard InChI is InChI=1S/C47H38.2CH3.Hf/c1-33-19-23-37(24-20-33)43-17-9-15-39-27-41(29-45(39)43)47(31-35-11-5-3-6-12-35,32-36-13-7-4-8-14-36)42-28-40-16-10-18-44(46(40)30-42)38-25-21-34(2)22-26-38;;;/h3-30H,31-32H2,1-2H3;2*1H3;/q-2;2*-1;+4. The molecular formula is C49H44Hf. The summed E-state index contributed by atoms with van der Waals surface area (Å²) in [5.41, 5.74) is 12.8. The molecule has 0 N–H and O–H groups in total. The fraction of sp³-hybridized carbons (Fsp3) is 0.102. The molecule has 0 aromatic heterocycles. The first-order chi connectivity index (χ1) is 23.1. The van der Waals surface area contributed by atoms with Gasteiger partial charge < -0.3 is 14.9 Å². The molecule has 0 atom stereocenters. The first-order valence-corrected chi connectivity index (χ1v) is 16.7. The van der Waals surface area contributed by atoms with Gasteiger partial charge in [0.25, 0.3) is 0 Å². The van der Waals surface area contributed by atoms with Crippen LogP contribution in [0.1, 0.15) is 33.4 Å². The Bertz CT molecular complexity index is 2120. The van der Waals surface area contributed by atoms with E-state index in [0.29, 0.717) is 0 Å². The van der Waals surface area contributed by atoms with Crippen LogP contribution in [0.2, 0.25) is 0 Å². The summed E-state index contributed by atoms with van der Waals surface area (Å²) in [4.78, 5) is 0. The van der Waals surface area contributed by atoms with Gasteiger partial charge in [-0.1, -0.05) is 144 Å². The van der Waals surface area contributed by atoms with Crippen molar-refractivity contribution < 1.29 is 25.8 Å². The van der Waals surface area contributed by atoms with Gasteiger partial charge in [0, 0.05) is 0 Å². The van der Waals surface area contributed by atoms with Crippen LogP contribution >= 0.6 is 0 Å². The summed E-state index contributed by atoms with van der Waals surface area (Å²) in [6.45, 7) is 4.31. The van der Waals surface area contributed by atoms with Crippen LogP contribution in [0.5, 0.6) is 0 Å². The van der Waals surface area contributed by atoms with Gasteiger partial charge in [0.1, 0.15) is 0 Å². The van der Waals surface area contributed by atoms with Crippen LogP contribution in [-0.2, 0) is 44.1 Å². The van der Waals surface area contributed by atoms with Crippen LogP contribution in [0.4, 0.5) is 0 Å². The summed E-state index contributed by atoms with van der Waals surface area (Å²) < 4.78 is 0. The van der Waals surface area contributed by atoms with Crippen molar-refractivity contribution in [2.75, 3.05) is 0 Å². The van der Waals surface area contributed by atoms with Crippen LogP contribution in [0.3, 0.4) is 0 Å². The van der Waals surface area contributed by atoms with E-state index in [4.69, 9.17) is 0 Å². The minimum absolute atomic E-state index is 0.